The number of ether oxygens (including phenoxy) is 2. The first-order valence-electron chi connectivity index (χ1n) is 10.0. The predicted molar refractivity (Wildman–Crippen MR) is 122 cm³/mol. The molecule has 2 aromatic rings. The fraction of sp³-hybridized carbons (Fsp3) is 0.364. The van der Waals surface area contributed by atoms with Crippen LogP contribution in [0.1, 0.15) is 10.4 Å². The molecule has 0 unspecified atom stereocenters. The van der Waals surface area contributed by atoms with Crippen molar-refractivity contribution < 1.29 is 19.1 Å². The molecule has 1 amide bonds. The average Bonchev–Trinajstić information content (AvgIpc) is 3.12. The van der Waals surface area contributed by atoms with Gasteiger partial charge in [-0.25, -0.2) is 9.59 Å². The SMILES string of the molecule is O=C1N[C@H](CN2CCN(c3ccccc3)CC2)[C@@H](COC(=O)c2ccccc2I)O1. The lowest BCUT2D eigenvalue weighted by molar-refractivity contribution is 0.0227. The number of halogens is 1. The number of amides is 1. The zero-order valence-corrected chi connectivity index (χ0v) is 18.7. The van der Waals surface area contributed by atoms with E-state index >= 15 is 0 Å². The Balaban J connectivity index is 1.29. The number of alkyl carbamates (subject to hydrolysis) is 1. The monoisotopic (exact) mass is 521 g/mol. The van der Waals surface area contributed by atoms with Gasteiger partial charge in [-0.3, -0.25) is 4.90 Å². The maximum atomic E-state index is 12.4. The molecule has 4 rings (SSSR count). The van der Waals surface area contributed by atoms with E-state index in [4.69, 9.17) is 9.47 Å². The Morgan fingerprint density at radius 3 is 2.50 bits per heavy atom. The number of para-hydroxylation sites is 1. The molecule has 30 heavy (non-hydrogen) atoms. The van der Waals surface area contributed by atoms with E-state index in [9.17, 15) is 9.59 Å². The van der Waals surface area contributed by atoms with Crippen molar-refractivity contribution in [2.75, 3.05) is 44.2 Å². The van der Waals surface area contributed by atoms with Gasteiger partial charge in [0.25, 0.3) is 0 Å². The number of benzene rings is 2. The second kappa shape index (κ2) is 9.65. The van der Waals surface area contributed by atoms with Crippen LogP contribution in [0.4, 0.5) is 10.5 Å². The molecule has 0 spiro atoms. The summed E-state index contributed by atoms with van der Waals surface area (Å²) in [4.78, 5) is 28.9. The van der Waals surface area contributed by atoms with Gasteiger partial charge in [-0.05, 0) is 46.9 Å². The molecule has 2 heterocycles. The van der Waals surface area contributed by atoms with Gasteiger partial charge in [0.15, 0.2) is 6.10 Å². The number of carbonyl (C=O) groups is 2. The van der Waals surface area contributed by atoms with Crippen LogP contribution in [0.15, 0.2) is 54.6 Å². The van der Waals surface area contributed by atoms with Gasteiger partial charge in [-0.1, -0.05) is 30.3 Å². The van der Waals surface area contributed by atoms with Crippen LogP contribution < -0.4 is 10.2 Å². The topological polar surface area (TPSA) is 71.1 Å². The smallest absolute Gasteiger partial charge is 0.408 e. The Morgan fingerprint density at radius 1 is 1.07 bits per heavy atom. The van der Waals surface area contributed by atoms with Crippen LogP contribution in [0.2, 0.25) is 0 Å². The molecule has 0 saturated carbocycles. The average molecular weight is 521 g/mol. The lowest BCUT2D eigenvalue weighted by Crippen LogP contribution is -2.52. The molecule has 2 saturated heterocycles. The van der Waals surface area contributed by atoms with Gasteiger partial charge in [0.1, 0.15) is 6.61 Å². The van der Waals surface area contributed by atoms with Crippen LogP contribution in [0.5, 0.6) is 0 Å². The number of nitrogens with one attached hydrogen (secondary N) is 1. The van der Waals surface area contributed by atoms with Crippen LogP contribution in [-0.2, 0) is 9.47 Å². The van der Waals surface area contributed by atoms with Crippen LogP contribution in [0.25, 0.3) is 0 Å². The molecule has 2 aliphatic rings. The Kier molecular flexibility index (Phi) is 6.73. The highest BCUT2D eigenvalue weighted by molar-refractivity contribution is 14.1. The van der Waals surface area contributed by atoms with Crippen molar-refractivity contribution in [3.8, 4) is 0 Å². The van der Waals surface area contributed by atoms with Crippen molar-refractivity contribution in [1.29, 1.82) is 0 Å². The standard InChI is InChI=1S/C22H24IN3O4/c23-18-9-5-4-8-17(18)21(27)29-15-20-19(24-22(28)30-20)14-25-10-12-26(13-11-25)16-6-2-1-3-7-16/h1-9,19-20H,10-15H2,(H,24,28)/t19-,20-/m1/s1. The summed E-state index contributed by atoms with van der Waals surface area (Å²) in [7, 11) is 0. The summed E-state index contributed by atoms with van der Waals surface area (Å²) >= 11 is 2.10. The number of nitrogens with zero attached hydrogens (tertiary/aromatic N) is 2. The van der Waals surface area contributed by atoms with Crippen molar-refractivity contribution in [3.63, 3.8) is 0 Å². The number of piperazine rings is 1. The first kappa shape index (κ1) is 20.9. The quantitative estimate of drug-likeness (QED) is 0.466. The second-order valence-electron chi connectivity index (χ2n) is 7.40. The van der Waals surface area contributed by atoms with Gasteiger partial charge in [-0.15, -0.1) is 0 Å². The van der Waals surface area contributed by atoms with Crippen molar-refractivity contribution in [2.45, 2.75) is 12.1 Å². The van der Waals surface area contributed by atoms with Crippen LogP contribution >= 0.6 is 22.6 Å². The number of esters is 1. The van der Waals surface area contributed by atoms with Gasteiger partial charge in [-0.2, -0.15) is 0 Å². The van der Waals surface area contributed by atoms with Crippen molar-refractivity contribution in [1.82, 2.24) is 10.2 Å². The number of rotatable bonds is 6. The summed E-state index contributed by atoms with van der Waals surface area (Å²) in [6, 6.07) is 17.4. The van der Waals surface area contributed by atoms with E-state index in [1.165, 1.54) is 5.69 Å². The highest BCUT2D eigenvalue weighted by Crippen LogP contribution is 2.18. The largest absolute Gasteiger partial charge is 0.458 e. The van der Waals surface area contributed by atoms with Gasteiger partial charge in [0, 0.05) is 42.0 Å². The Labute approximate surface area is 189 Å². The first-order valence-corrected chi connectivity index (χ1v) is 11.1. The number of anilines is 1. The molecule has 2 aliphatic heterocycles. The number of hydrogen-bond acceptors (Lipinski definition) is 6. The van der Waals surface area contributed by atoms with Crippen molar-refractivity contribution in [2.24, 2.45) is 0 Å². The summed E-state index contributed by atoms with van der Waals surface area (Å²) in [6.45, 7) is 4.36. The van der Waals surface area contributed by atoms with Crippen LogP contribution in [0.3, 0.4) is 0 Å². The summed E-state index contributed by atoms with van der Waals surface area (Å²) in [5.41, 5.74) is 1.75. The Bertz CT molecular complexity index is 887. The zero-order valence-electron chi connectivity index (χ0n) is 16.5. The third kappa shape index (κ3) is 5.04. The first-order chi connectivity index (χ1) is 14.6. The minimum Gasteiger partial charge on any atom is -0.458 e. The van der Waals surface area contributed by atoms with E-state index < -0.39 is 18.2 Å². The molecule has 0 aromatic heterocycles. The summed E-state index contributed by atoms with van der Waals surface area (Å²) < 4.78 is 11.6. The van der Waals surface area contributed by atoms with Gasteiger partial charge in [0.2, 0.25) is 0 Å². The Morgan fingerprint density at radius 2 is 1.77 bits per heavy atom. The molecular formula is C22H24IN3O4. The van der Waals surface area contributed by atoms with E-state index in [-0.39, 0.29) is 12.6 Å². The third-order valence-electron chi connectivity index (χ3n) is 5.43. The maximum Gasteiger partial charge on any atom is 0.408 e. The van der Waals surface area contributed by atoms with E-state index in [1.54, 1.807) is 12.1 Å². The molecule has 0 aliphatic carbocycles. The molecule has 2 aromatic carbocycles. The number of carbonyl (C=O) groups excluding carboxylic acids is 2. The molecular weight excluding hydrogens is 497 g/mol. The van der Waals surface area contributed by atoms with Crippen molar-refractivity contribution >= 4 is 40.3 Å². The number of hydrogen-bond donors (Lipinski definition) is 1. The molecule has 1 N–H and O–H groups in total. The fourth-order valence-electron chi connectivity index (χ4n) is 3.78. The summed E-state index contributed by atoms with van der Waals surface area (Å²) in [5, 5.41) is 2.86. The highest BCUT2D eigenvalue weighted by atomic mass is 127. The van der Waals surface area contributed by atoms with Gasteiger partial charge < -0.3 is 19.7 Å². The van der Waals surface area contributed by atoms with Crippen molar-refractivity contribution in [3.05, 3.63) is 63.7 Å². The minimum atomic E-state index is -0.491. The van der Waals surface area contributed by atoms with E-state index in [2.05, 4.69) is 62.0 Å². The summed E-state index contributed by atoms with van der Waals surface area (Å²) in [6.07, 6.45) is -0.951. The normalized spacial score (nSPS) is 21.8. The highest BCUT2D eigenvalue weighted by Gasteiger charge is 2.36. The molecule has 158 valence electrons. The lowest BCUT2D eigenvalue weighted by atomic mass is 10.1. The maximum absolute atomic E-state index is 12.4. The summed E-state index contributed by atoms with van der Waals surface area (Å²) in [5.74, 6) is -0.404. The zero-order chi connectivity index (χ0) is 20.9. The fourth-order valence-corrected chi connectivity index (χ4v) is 4.39. The van der Waals surface area contributed by atoms with E-state index in [1.807, 2.05) is 18.2 Å². The molecule has 0 radical (unpaired) electrons. The Hall–Kier alpha value is -2.33. The molecule has 2 atom stereocenters. The minimum absolute atomic E-state index is 0.0389. The molecule has 7 nitrogen and oxygen atoms in total. The van der Waals surface area contributed by atoms with E-state index in [0.717, 1.165) is 29.7 Å². The third-order valence-corrected chi connectivity index (χ3v) is 6.37. The number of cyclic esters (lactones) is 1. The van der Waals surface area contributed by atoms with Gasteiger partial charge >= 0.3 is 12.1 Å². The van der Waals surface area contributed by atoms with Crippen LogP contribution in [0, 0.1) is 3.57 Å². The lowest BCUT2D eigenvalue weighted by Gasteiger charge is -2.37. The van der Waals surface area contributed by atoms with Gasteiger partial charge in [0.05, 0.1) is 11.6 Å². The molecule has 0 bridgehead atoms. The molecule has 2 fully saturated rings. The van der Waals surface area contributed by atoms with Crippen LogP contribution in [-0.4, -0.2) is 68.4 Å². The second-order valence-corrected chi connectivity index (χ2v) is 8.56. The van der Waals surface area contributed by atoms with E-state index in [0.29, 0.717) is 12.1 Å². The predicted octanol–water partition coefficient (Wildman–Crippen LogP) is 2.75. The molecule has 8 heteroatoms.